The van der Waals surface area contributed by atoms with E-state index in [1.165, 1.54) is 5.56 Å². The normalized spacial score (nSPS) is 11.2. The quantitative estimate of drug-likeness (QED) is 0.339. The molecular formula is C29H28N4O. The summed E-state index contributed by atoms with van der Waals surface area (Å²) < 4.78 is 4.11. The molecule has 3 aromatic carbocycles. The van der Waals surface area contributed by atoms with Gasteiger partial charge < -0.3 is 14.2 Å². The Kier molecular flexibility index (Phi) is 6.36. The maximum absolute atomic E-state index is 9.34. The van der Waals surface area contributed by atoms with Crippen LogP contribution < -0.4 is 5.49 Å². The Hall–Kier alpha value is -3.96. The van der Waals surface area contributed by atoms with Crippen LogP contribution in [0.25, 0.3) is 33.4 Å². The highest BCUT2D eigenvalue weighted by Gasteiger charge is 2.23. The zero-order chi connectivity index (χ0) is 23.3. The largest absolute Gasteiger partial charge is 0.396 e. The van der Waals surface area contributed by atoms with Crippen LogP contribution in [0.4, 0.5) is 0 Å². The molecule has 0 aliphatic rings. The van der Waals surface area contributed by atoms with Crippen molar-refractivity contribution in [2.45, 2.75) is 25.9 Å². The fourth-order valence-electron chi connectivity index (χ4n) is 4.59. The summed E-state index contributed by atoms with van der Waals surface area (Å²) in [5, 5.41) is 19.3. The number of rotatable bonds is 8. The van der Waals surface area contributed by atoms with Gasteiger partial charge in [0.05, 0.1) is 17.4 Å². The van der Waals surface area contributed by atoms with Gasteiger partial charge >= 0.3 is 0 Å². The summed E-state index contributed by atoms with van der Waals surface area (Å²) >= 11 is 0. The average molecular weight is 449 g/mol. The summed E-state index contributed by atoms with van der Waals surface area (Å²) in [6.07, 6.45) is 3.20. The molecule has 0 amide bonds. The second kappa shape index (κ2) is 9.89. The van der Waals surface area contributed by atoms with Crippen molar-refractivity contribution in [1.29, 1.82) is 5.41 Å². The molecule has 5 heteroatoms. The fourth-order valence-corrected chi connectivity index (χ4v) is 4.59. The van der Waals surface area contributed by atoms with Gasteiger partial charge in [0.2, 0.25) is 0 Å². The van der Waals surface area contributed by atoms with Crippen LogP contribution in [-0.2, 0) is 19.5 Å². The van der Waals surface area contributed by atoms with Crippen LogP contribution in [-0.4, -0.2) is 25.8 Å². The third-order valence-electron chi connectivity index (χ3n) is 6.21. The molecule has 2 aromatic heterocycles. The molecule has 0 saturated heterocycles. The van der Waals surface area contributed by atoms with E-state index >= 15 is 0 Å². The van der Waals surface area contributed by atoms with E-state index in [-0.39, 0.29) is 6.61 Å². The van der Waals surface area contributed by atoms with Crippen molar-refractivity contribution >= 4 is 11.0 Å². The number of hydrogen-bond donors (Lipinski definition) is 2. The standard InChI is InChI=1S/C29H28N4O/c30-28-26-25(23-13-6-2-7-14-23)27(24-15-8-3-9-16-24)33(19-17-22-11-4-1-5-12-22)29(26)31-21-32(28)18-10-20-34/h1-9,11-16,21,30,34H,10,17-20H2. The van der Waals surface area contributed by atoms with Crippen LogP contribution in [0.3, 0.4) is 0 Å². The van der Waals surface area contributed by atoms with Crippen LogP contribution >= 0.6 is 0 Å². The zero-order valence-electron chi connectivity index (χ0n) is 19.1. The van der Waals surface area contributed by atoms with Gasteiger partial charge in [0.1, 0.15) is 11.1 Å². The van der Waals surface area contributed by atoms with Gasteiger partial charge in [0, 0.05) is 25.3 Å². The van der Waals surface area contributed by atoms with Crippen molar-refractivity contribution in [3.63, 3.8) is 0 Å². The summed E-state index contributed by atoms with van der Waals surface area (Å²) in [5.74, 6) is 0. The molecule has 0 bridgehead atoms. The molecule has 34 heavy (non-hydrogen) atoms. The molecule has 5 rings (SSSR count). The van der Waals surface area contributed by atoms with E-state index in [0.29, 0.717) is 18.5 Å². The van der Waals surface area contributed by atoms with Crippen molar-refractivity contribution in [2.75, 3.05) is 6.61 Å². The minimum absolute atomic E-state index is 0.0867. The van der Waals surface area contributed by atoms with Crippen molar-refractivity contribution in [2.24, 2.45) is 0 Å². The van der Waals surface area contributed by atoms with Crippen LogP contribution in [0.5, 0.6) is 0 Å². The minimum atomic E-state index is 0.0867. The lowest BCUT2D eigenvalue weighted by molar-refractivity contribution is 0.278. The molecule has 5 nitrogen and oxygen atoms in total. The Labute approximate surface area is 199 Å². The van der Waals surface area contributed by atoms with Crippen LogP contribution in [0, 0.1) is 5.41 Å². The molecule has 2 heterocycles. The Bertz CT molecular complexity index is 1440. The van der Waals surface area contributed by atoms with Gasteiger partial charge in [-0.25, -0.2) is 4.98 Å². The molecule has 0 spiro atoms. The molecule has 0 unspecified atom stereocenters. The average Bonchev–Trinajstić information content (AvgIpc) is 3.23. The SMILES string of the molecule is N=c1c2c(-c3ccccc3)c(-c3ccccc3)n(CCc3ccccc3)c2ncn1CCCO. The van der Waals surface area contributed by atoms with Gasteiger partial charge in [-0.3, -0.25) is 5.41 Å². The smallest absolute Gasteiger partial charge is 0.146 e. The topological polar surface area (TPSA) is 66.8 Å². The maximum atomic E-state index is 9.34. The van der Waals surface area contributed by atoms with Crippen LogP contribution in [0.1, 0.15) is 12.0 Å². The van der Waals surface area contributed by atoms with Gasteiger partial charge in [-0.05, 0) is 29.5 Å². The number of aryl methyl sites for hydroxylation is 3. The Morgan fingerprint density at radius 2 is 1.38 bits per heavy atom. The maximum Gasteiger partial charge on any atom is 0.146 e. The lowest BCUT2D eigenvalue weighted by atomic mass is 9.99. The highest BCUT2D eigenvalue weighted by atomic mass is 16.3. The van der Waals surface area contributed by atoms with E-state index in [9.17, 15) is 5.11 Å². The number of aromatic nitrogens is 3. The molecule has 0 aliphatic heterocycles. The highest BCUT2D eigenvalue weighted by molar-refractivity contribution is 6.02. The third kappa shape index (κ3) is 4.18. The van der Waals surface area contributed by atoms with Gasteiger partial charge in [0.15, 0.2) is 0 Å². The van der Waals surface area contributed by atoms with E-state index in [2.05, 4.69) is 65.2 Å². The van der Waals surface area contributed by atoms with Crippen LogP contribution in [0.15, 0.2) is 97.3 Å². The number of hydrogen-bond acceptors (Lipinski definition) is 3. The molecular weight excluding hydrogens is 420 g/mol. The number of aliphatic hydroxyl groups is 1. The molecule has 0 aliphatic carbocycles. The predicted octanol–water partition coefficient (Wildman–Crippen LogP) is 5.28. The van der Waals surface area contributed by atoms with Crippen molar-refractivity contribution in [3.8, 4) is 22.4 Å². The van der Waals surface area contributed by atoms with E-state index in [4.69, 9.17) is 10.4 Å². The van der Waals surface area contributed by atoms with E-state index in [0.717, 1.165) is 46.4 Å². The number of aliphatic hydroxyl groups excluding tert-OH is 1. The number of fused-ring (bicyclic) bond motifs is 1. The first-order chi connectivity index (χ1) is 16.8. The second-order valence-electron chi connectivity index (χ2n) is 8.41. The van der Waals surface area contributed by atoms with E-state index < -0.39 is 0 Å². The Balaban J connectivity index is 1.79. The van der Waals surface area contributed by atoms with E-state index in [1.807, 2.05) is 34.9 Å². The highest BCUT2D eigenvalue weighted by Crippen LogP contribution is 2.39. The molecule has 0 radical (unpaired) electrons. The predicted molar refractivity (Wildman–Crippen MR) is 136 cm³/mol. The monoisotopic (exact) mass is 448 g/mol. The van der Waals surface area contributed by atoms with E-state index in [1.54, 1.807) is 6.33 Å². The van der Waals surface area contributed by atoms with Gasteiger partial charge in [-0.2, -0.15) is 0 Å². The fraction of sp³-hybridized carbons (Fsp3) is 0.172. The number of benzene rings is 3. The first-order valence-corrected chi connectivity index (χ1v) is 11.7. The van der Waals surface area contributed by atoms with Gasteiger partial charge in [-0.15, -0.1) is 0 Å². The summed E-state index contributed by atoms with van der Waals surface area (Å²) in [6, 6.07) is 31.2. The molecule has 5 aromatic rings. The van der Waals surface area contributed by atoms with Crippen molar-refractivity contribution < 1.29 is 5.11 Å². The van der Waals surface area contributed by atoms with Gasteiger partial charge in [0.25, 0.3) is 0 Å². The first kappa shape index (κ1) is 21.9. The summed E-state index contributed by atoms with van der Waals surface area (Å²) in [7, 11) is 0. The Morgan fingerprint density at radius 3 is 2.03 bits per heavy atom. The molecule has 0 atom stereocenters. The number of nitrogens with one attached hydrogen (secondary N) is 1. The Morgan fingerprint density at radius 1 is 0.765 bits per heavy atom. The van der Waals surface area contributed by atoms with Crippen LogP contribution in [0.2, 0.25) is 0 Å². The second-order valence-corrected chi connectivity index (χ2v) is 8.41. The van der Waals surface area contributed by atoms with Crippen molar-refractivity contribution in [3.05, 3.63) is 108 Å². The number of nitrogens with zero attached hydrogens (tertiary/aromatic N) is 3. The molecule has 0 fully saturated rings. The molecule has 2 N–H and O–H groups in total. The lowest BCUT2D eigenvalue weighted by Gasteiger charge is -2.13. The summed E-state index contributed by atoms with van der Waals surface area (Å²) in [6.45, 7) is 1.40. The summed E-state index contributed by atoms with van der Waals surface area (Å²) in [5.41, 5.74) is 6.80. The molecule has 0 saturated carbocycles. The lowest BCUT2D eigenvalue weighted by Crippen LogP contribution is -2.21. The molecule has 170 valence electrons. The third-order valence-corrected chi connectivity index (χ3v) is 6.21. The summed E-state index contributed by atoms with van der Waals surface area (Å²) in [4.78, 5) is 4.86. The van der Waals surface area contributed by atoms with Crippen molar-refractivity contribution in [1.82, 2.24) is 14.1 Å². The van der Waals surface area contributed by atoms with Gasteiger partial charge in [-0.1, -0.05) is 91.0 Å². The zero-order valence-corrected chi connectivity index (χ0v) is 19.1. The first-order valence-electron chi connectivity index (χ1n) is 11.7. The minimum Gasteiger partial charge on any atom is -0.396 e.